The Labute approximate surface area is 120 Å². The third-order valence-corrected chi connectivity index (χ3v) is 4.52. The van der Waals surface area contributed by atoms with Crippen molar-refractivity contribution >= 4 is 0 Å². The highest BCUT2D eigenvalue weighted by molar-refractivity contribution is 4.91. The van der Waals surface area contributed by atoms with Gasteiger partial charge in [-0.15, -0.1) is 0 Å². The summed E-state index contributed by atoms with van der Waals surface area (Å²) >= 11 is 0. The fraction of sp³-hybridized carbons (Fsp3) is 1.00. The first kappa shape index (κ1) is 16.9. The van der Waals surface area contributed by atoms with Crippen LogP contribution in [0, 0.1) is 5.41 Å². The number of likely N-dealkylation sites (N-methyl/N-ethyl adjacent to an activating group) is 1. The molecule has 1 aliphatic rings. The highest BCUT2D eigenvalue weighted by Crippen LogP contribution is 2.23. The zero-order valence-electron chi connectivity index (χ0n) is 14.2. The molecule has 0 amide bonds. The minimum atomic E-state index is 0.297. The second kappa shape index (κ2) is 6.55. The average Bonchev–Trinajstić information content (AvgIpc) is 2.27. The van der Waals surface area contributed by atoms with Crippen LogP contribution >= 0.6 is 0 Å². The van der Waals surface area contributed by atoms with Gasteiger partial charge >= 0.3 is 0 Å². The molecule has 1 atom stereocenters. The molecular weight excluding hydrogens is 234 g/mol. The number of rotatable bonds is 5. The van der Waals surface area contributed by atoms with Gasteiger partial charge in [-0.2, -0.15) is 0 Å². The lowest BCUT2D eigenvalue weighted by molar-refractivity contribution is 0.0271. The second-order valence-corrected chi connectivity index (χ2v) is 7.84. The quantitative estimate of drug-likeness (QED) is 0.827. The monoisotopic (exact) mass is 269 g/mol. The highest BCUT2D eigenvalue weighted by atomic mass is 15.3. The van der Waals surface area contributed by atoms with Gasteiger partial charge in [0.05, 0.1) is 0 Å². The summed E-state index contributed by atoms with van der Waals surface area (Å²) < 4.78 is 0. The number of nitrogens with one attached hydrogen (secondary N) is 1. The predicted octanol–water partition coefficient (Wildman–Crippen LogP) is 2.43. The number of nitrogens with zero attached hydrogens (tertiary/aromatic N) is 2. The Morgan fingerprint density at radius 1 is 1.21 bits per heavy atom. The van der Waals surface area contributed by atoms with Crippen molar-refractivity contribution in [2.75, 3.05) is 39.8 Å². The topological polar surface area (TPSA) is 18.5 Å². The summed E-state index contributed by atoms with van der Waals surface area (Å²) in [5.74, 6) is 0. The maximum Gasteiger partial charge on any atom is 0.0277 e. The summed E-state index contributed by atoms with van der Waals surface area (Å²) in [5.41, 5.74) is 0.619. The van der Waals surface area contributed by atoms with Crippen molar-refractivity contribution < 1.29 is 0 Å². The van der Waals surface area contributed by atoms with E-state index < -0.39 is 0 Å². The van der Waals surface area contributed by atoms with E-state index in [-0.39, 0.29) is 0 Å². The number of piperazine rings is 1. The highest BCUT2D eigenvalue weighted by Gasteiger charge is 2.33. The molecule has 1 rings (SSSR count). The standard InChI is InChI=1S/C16H35N3/c1-8-9-17-14(15(2,3)4)12-19-11-10-18(7)16(5,6)13-19/h14,17H,8-13H2,1-7H3. The molecule has 0 spiro atoms. The summed E-state index contributed by atoms with van der Waals surface area (Å²) in [4.78, 5) is 5.12. The average molecular weight is 269 g/mol. The molecule has 3 nitrogen and oxygen atoms in total. The third kappa shape index (κ3) is 5.05. The predicted molar refractivity (Wildman–Crippen MR) is 84.7 cm³/mol. The van der Waals surface area contributed by atoms with Crippen LogP contribution in [0.4, 0.5) is 0 Å². The molecule has 3 heteroatoms. The smallest absolute Gasteiger partial charge is 0.0277 e. The second-order valence-electron chi connectivity index (χ2n) is 7.84. The van der Waals surface area contributed by atoms with E-state index in [1.54, 1.807) is 0 Å². The molecule has 1 unspecified atom stereocenters. The van der Waals surface area contributed by atoms with Crippen molar-refractivity contribution in [1.82, 2.24) is 15.1 Å². The molecule has 0 radical (unpaired) electrons. The van der Waals surface area contributed by atoms with Gasteiger partial charge in [-0.05, 0) is 39.3 Å². The zero-order chi connectivity index (χ0) is 14.7. The summed E-state index contributed by atoms with van der Waals surface area (Å²) in [6.45, 7) is 19.8. The molecule has 0 aromatic rings. The van der Waals surface area contributed by atoms with Gasteiger partial charge in [-0.1, -0.05) is 27.7 Å². The lowest BCUT2D eigenvalue weighted by Gasteiger charge is -2.47. The molecule has 0 saturated carbocycles. The fourth-order valence-electron chi connectivity index (χ4n) is 2.72. The first-order valence-electron chi connectivity index (χ1n) is 7.84. The van der Waals surface area contributed by atoms with Crippen LogP contribution in [0.25, 0.3) is 0 Å². The number of hydrogen-bond acceptors (Lipinski definition) is 3. The first-order chi connectivity index (χ1) is 8.66. The van der Waals surface area contributed by atoms with E-state index in [0.717, 1.165) is 6.54 Å². The Bertz CT molecular complexity index is 268. The van der Waals surface area contributed by atoms with Crippen molar-refractivity contribution in [3.63, 3.8) is 0 Å². The molecule has 0 bridgehead atoms. The van der Waals surface area contributed by atoms with Crippen LogP contribution in [0.1, 0.15) is 48.0 Å². The summed E-state index contributed by atoms with van der Waals surface area (Å²) in [7, 11) is 2.24. The van der Waals surface area contributed by atoms with Gasteiger partial charge in [-0.3, -0.25) is 9.80 Å². The maximum absolute atomic E-state index is 3.74. The van der Waals surface area contributed by atoms with Crippen LogP contribution in [0.15, 0.2) is 0 Å². The van der Waals surface area contributed by atoms with E-state index >= 15 is 0 Å². The Morgan fingerprint density at radius 3 is 2.32 bits per heavy atom. The Balaban J connectivity index is 2.59. The molecule has 0 aromatic heterocycles. The minimum absolute atomic E-state index is 0.297. The van der Waals surface area contributed by atoms with Gasteiger partial charge in [-0.25, -0.2) is 0 Å². The van der Waals surface area contributed by atoms with Crippen LogP contribution in [-0.2, 0) is 0 Å². The third-order valence-electron chi connectivity index (χ3n) is 4.52. The van der Waals surface area contributed by atoms with Crippen LogP contribution in [-0.4, -0.2) is 61.2 Å². The number of hydrogen-bond donors (Lipinski definition) is 1. The normalized spacial score (nSPS) is 23.5. The molecule has 1 saturated heterocycles. The van der Waals surface area contributed by atoms with Crippen molar-refractivity contribution in [3.05, 3.63) is 0 Å². The molecule has 114 valence electrons. The van der Waals surface area contributed by atoms with Crippen molar-refractivity contribution in [3.8, 4) is 0 Å². The SMILES string of the molecule is CCCNC(CN1CCN(C)C(C)(C)C1)C(C)(C)C. The molecule has 1 fully saturated rings. The molecule has 1 aliphatic heterocycles. The Hall–Kier alpha value is -0.120. The van der Waals surface area contributed by atoms with E-state index in [1.807, 2.05) is 0 Å². The summed E-state index contributed by atoms with van der Waals surface area (Å²) in [6, 6.07) is 0.576. The van der Waals surface area contributed by atoms with E-state index in [1.165, 1.54) is 32.6 Å². The van der Waals surface area contributed by atoms with Crippen LogP contribution in [0.5, 0.6) is 0 Å². The van der Waals surface area contributed by atoms with Crippen LogP contribution in [0.2, 0.25) is 0 Å². The molecular formula is C16H35N3. The zero-order valence-corrected chi connectivity index (χ0v) is 14.2. The molecule has 1 N–H and O–H groups in total. The van der Waals surface area contributed by atoms with Gasteiger partial charge < -0.3 is 5.32 Å². The van der Waals surface area contributed by atoms with Crippen molar-refractivity contribution in [1.29, 1.82) is 0 Å². The lowest BCUT2D eigenvalue weighted by Crippen LogP contribution is -2.60. The van der Waals surface area contributed by atoms with Gasteiger partial charge in [0.2, 0.25) is 0 Å². The van der Waals surface area contributed by atoms with E-state index in [4.69, 9.17) is 0 Å². The van der Waals surface area contributed by atoms with Gasteiger partial charge in [0.15, 0.2) is 0 Å². The van der Waals surface area contributed by atoms with Crippen molar-refractivity contribution in [2.24, 2.45) is 5.41 Å². The summed E-state index contributed by atoms with van der Waals surface area (Å²) in [6.07, 6.45) is 1.21. The minimum Gasteiger partial charge on any atom is -0.312 e. The van der Waals surface area contributed by atoms with Gasteiger partial charge in [0, 0.05) is 37.8 Å². The van der Waals surface area contributed by atoms with E-state index in [2.05, 4.69) is 63.7 Å². The summed E-state index contributed by atoms with van der Waals surface area (Å²) in [5, 5.41) is 3.74. The Morgan fingerprint density at radius 2 is 1.84 bits per heavy atom. The first-order valence-corrected chi connectivity index (χ1v) is 7.84. The molecule has 19 heavy (non-hydrogen) atoms. The Kier molecular flexibility index (Phi) is 5.84. The van der Waals surface area contributed by atoms with E-state index in [9.17, 15) is 0 Å². The van der Waals surface area contributed by atoms with Gasteiger partial charge in [0.25, 0.3) is 0 Å². The van der Waals surface area contributed by atoms with Crippen LogP contribution < -0.4 is 5.32 Å². The van der Waals surface area contributed by atoms with E-state index in [0.29, 0.717) is 17.0 Å². The molecule has 1 heterocycles. The molecule has 0 aromatic carbocycles. The largest absolute Gasteiger partial charge is 0.312 e. The van der Waals surface area contributed by atoms with Crippen molar-refractivity contribution in [2.45, 2.75) is 59.5 Å². The molecule has 0 aliphatic carbocycles. The maximum atomic E-state index is 3.74. The van der Waals surface area contributed by atoms with Gasteiger partial charge in [0.1, 0.15) is 0 Å². The fourth-order valence-corrected chi connectivity index (χ4v) is 2.72. The van der Waals surface area contributed by atoms with Crippen LogP contribution in [0.3, 0.4) is 0 Å². The lowest BCUT2D eigenvalue weighted by atomic mass is 9.85.